The molecule has 0 radical (unpaired) electrons. The number of para-hydroxylation sites is 1. The maximum absolute atomic E-state index is 13.8. The van der Waals surface area contributed by atoms with Crippen molar-refractivity contribution in [2.24, 2.45) is 24.6 Å². The van der Waals surface area contributed by atoms with Gasteiger partial charge < -0.3 is 34.1 Å². The lowest BCUT2D eigenvalue weighted by Gasteiger charge is -2.34. The fraction of sp³-hybridized carbons (Fsp3) is 0.541. The second-order valence-corrected chi connectivity index (χ2v) is 14.3. The first-order valence-corrected chi connectivity index (χ1v) is 17.3. The van der Waals surface area contributed by atoms with Gasteiger partial charge in [0, 0.05) is 63.4 Å². The number of nitrogens with zero attached hydrogens (tertiary/aromatic N) is 5. The summed E-state index contributed by atoms with van der Waals surface area (Å²) in [6.07, 6.45) is 5.99. The Hall–Kier alpha value is -3.89. The Labute approximate surface area is 275 Å². The molecule has 10 nitrogen and oxygen atoms in total. The number of aryl methyl sites for hydroxylation is 1. The Bertz CT molecular complexity index is 1870. The molecule has 2 saturated heterocycles. The molecule has 2 amide bonds. The minimum Gasteiger partial charge on any atom is -0.494 e. The fourth-order valence-corrected chi connectivity index (χ4v) is 8.65. The highest BCUT2D eigenvalue weighted by Crippen LogP contribution is 2.42. The molecule has 2 bridgehead atoms. The molecular weight excluding hydrogens is 592 g/mol. The van der Waals surface area contributed by atoms with Gasteiger partial charge in [0.25, 0.3) is 11.8 Å². The molecule has 8 rings (SSSR count). The molecule has 2 aliphatic heterocycles. The molecule has 2 N–H and O–H groups in total. The molecule has 4 aliphatic rings. The van der Waals surface area contributed by atoms with E-state index in [1.54, 1.807) is 14.2 Å². The normalized spacial score (nSPS) is 23.7. The Morgan fingerprint density at radius 1 is 1.02 bits per heavy atom. The van der Waals surface area contributed by atoms with Crippen molar-refractivity contribution in [1.82, 2.24) is 23.9 Å². The summed E-state index contributed by atoms with van der Waals surface area (Å²) in [5.41, 5.74) is 12.4. The van der Waals surface area contributed by atoms with Crippen LogP contribution in [0.4, 0.5) is 0 Å². The summed E-state index contributed by atoms with van der Waals surface area (Å²) < 4.78 is 15.8. The Morgan fingerprint density at radius 2 is 1.81 bits per heavy atom. The molecule has 2 saturated carbocycles. The first kappa shape index (κ1) is 30.4. The number of fused-ring (bicyclic) bond motifs is 4. The molecule has 4 heterocycles. The molecule has 4 fully saturated rings. The van der Waals surface area contributed by atoms with Crippen LogP contribution in [0, 0.1) is 11.8 Å². The number of carbonyl (C=O) groups excluding carboxylic acids is 2. The van der Waals surface area contributed by atoms with E-state index in [0.29, 0.717) is 29.1 Å². The van der Waals surface area contributed by atoms with Gasteiger partial charge in [-0.05, 0) is 87.0 Å². The molecule has 248 valence electrons. The van der Waals surface area contributed by atoms with Gasteiger partial charge in [0.05, 0.1) is 23.8 Å². The number of benzene rings is 2. The lowest BCUT2D eigenvalue weighted by atomic mass is 9.88. The molecule has 4 atom stereocenters. The molecule has 2 aromatic heterocycles. The standard InChI is InChI=1S/C37H46N6O4/c1-21(46-3)36(44)41-14-12-23(13-15-41)27-7-5-6-24-17-30(42(33(24)27)19-22-8-9-22)35-39-28-16-26(18-31(47-4)34(28)40(35)2)37(45)43-20-25-10-11-29(43)32(25)38/h5-7,16-18,21-23,25,29,32H,8-15,19-20,38H2,1-4H3/t21?,25-,29-,32?/m1/s1. The second-order valence-electron chi connectivity index (χ2n) is 14.3. The average Bonchev–Trinajstić information content (AvgIpc) is 3.49. The van der Waals surface area contributed by atoms with Gasteiger partial charge in [-0.25, -0.2) is 4.98 Å². The number of ether oxygens (including phenoxy) is 2. The van der Waals surface area contributed by atoms with Crippen molar-refractivity contribution >= 4 is 33.8 Å². The maximum atomic E-state index is 13.8. The van der Waals surface area contributed by atoms with Crippen molar-refractivity contribution in [3.8, 4) is 17.3 Å². The Balaban J connectivity index is 1.17. The number of amides is 2. The summed E-state index contributed by atoms with van der Waals surface area (Å²) in [6.45, 7) is 4.97. The van der Waals surface area contributed by atoms with Gasteiger partial charge in [0.1, 0.15) is 17.4 Å². The number of imidazole rings is 1. The smallest absolute Gasteiger partial charge is 0.254 e. The number of likely N-dealkylation sites (tertiary alicyclic amines) is 2. The van der Waals surface area contributed by atoms with Crippen LogP contribution in [-0.2, 0) is 23.1 Å². The van der Waals surface area contributed by atoms with E-state index in [9.17, 15) is 9.59 Å². The van der Waals surface area contributed by atoms with E-state index < -0.39 is 6.10 Å². The second kappa shape index (κ2) is 11.7. The zero-order chi connectivity index (χ0) is 32.6. The van der Waals surface area contributed by atoms with E-state index in [-0.39, 0.29) is 23.9 Å². The number of piperidine rings is 2. The van der Waals surface area contributed by atoms with Crippen LogP contribution in [0.1, 0.15) is 67.3 Å². The summed E-state index contributed by atoms with van der Waals surface area (Å²) in [7, 11) is 5.30. The maximum Gasteiger partial charge on any atom is 0.254 e. The van der Waals surface area contributed by atoms with E-state index in [4.69, 9.17) is 20.2 Å². The van der Waals surface area contributed by atoms with Gasteiger partial charge in [-0.1, -0.05) is 18.2 Å². The van der Waals surface area contributed by atoms with Crippen LogP contribution in [0.3, 0.4) is 0 Å². The van der Waals surface area contributed by atoms with Crippen LogP contribution >= 0.6 is 0 Å². The predicted octanol–water partition coefficient (Wildman–Crippen LogP) is 4.92. The zero-order valence-corrected chi connectivity index (χ0v) is 27.9. The molecule has 2 unspecified atom stereocenters. The molecule has 0 spiro atoms. The Kier molecular flexibility index (Phi) is 7.56. The van der Waals surface area contributed by atoms with Gasteiger partial charge in [0.2, 0.25) is 0 Å². The lowest BCUT2D eigenvalue weighted by molar-refractivity contribution is -0.142. The van der Waals surface area contributed by atoms with Gasteiger partial charge in [-0.2, -0.15) is 0 Å². The molecule has 10 heteroatoms. The van der Waals surface area contributed by atoms with E-state index in [0.717, 1.165) is 74.4 Å². The van der Waals surface area contributed by atoms with Crippen molar-refractivity contribution in [3.05, 3.63) is 47.5 Å². The number of hydrogen-bond acceptors (Lipinski definition) is 6. The molecule has 2 aliphatic carbocycles. The minimum absolute atomic E-state index is 0.0111. The number of carbonyl (C=O) groups is 2. The third kappa shape index (κ3) is 5.03. The van der Waals surface area contributed by atoms with Gasteiger partial charge in [-0.3, -0.25) is 9.59 Å². The number of hydrogen-bond donors (Lipinski definition) is 1. The molecule has 47 heavy (non-hydrogen) atoms. The van der Waals surface area contributed by atoms with E-state index in [1.807, 2.05) is 35.9 Å². The first-order chi connectivity index (χ1) is 22.8. The number of nitrogens with two attached hydrogens (primary N) is 1. The SMILES string of the molecule is COc1cc(C(=O)N2C[C@H]3CC[C@@H]2C3N)cc2nc(-c3cc4cccc(C5CCN(C(=O)C(C)OC)CC5)c4n3CC3CC3)n(C)c12. The average molecular weight is 639 g/mol. The third-order valence-corrected chi connectivity index (χ3v) is 11.6. The number of methoxy groups -OCH3 is 2. The highest BCUT2D eigenvalue weighted by Gasteiger charge is 2.47. The predicted molar refractivity (Wildman–Crippen MR) is 181 cm³/mol. The largest absolute Gasteiger partial charge is 0.494 e. The third-order valence-electron chi connectivity index (χ3n) is 11.6. The lowest BCUT2D eigenvalue weighted by Crippen LogP contribution is -2.43. The number of aromatic nitrogens is 3. The number of rotatable bonds is 8. The Morgan fingerprint density at radius 3 is 2.47 bits per heavy atom. The van der Waals surface area contributed by atoms with Crippen LogP contribution in [0.5, 0.6) is 5.75 Å². The van der Waals surface area contributed by atoms with Crippen LogP contribution in [0.25, 0.3) is 33.5 Å². The quantitative estimate of drug-likeness (QED) is 0.294. The van der Waals surface area contributed by atoms with Crippen LogP contribution in [0.2, 0.25) is 0 Å². The van der Waals surface area contributed by atoms with E-state index in [2.05, 4.69) is 33.4 Å². The fourth-order valence-electron chi connectivity index (χ4n) is 8.65. The zero-order valence-electron chi connectivity index (χ0n) is 27.9. The van der Waals surface area contributed by atoms with Crippen molar-refractivity contribution < 1.29 is 19.1 Å². The minimum atomic E-state index is -0.414. The van der Waals surface area contributed by atoms with Gasteiger partial charge in [-0.15, -0.1) is 0 Å². The molecule has 4 aromatic rings. The van der Waals surface area contributed by atoms with Gasteiger partial charge in [0.15, 0.2) is 5.82 Å². The topological polar surface area (TPSA) is 108 Å². The molecule has 2 aromatic carbocycles. The first-order valence-electron chi connectivity index (χ1n) is 17.3. The van der Waals surface area contributed by atoms with Crippen LogP contribution in [0.15, 0.2) is 36.4 Å². The van der Waals surface area contributed by atoms with Crippen molar-refractivity contribution in [1.29, 1.82) is 0 Å². The van der Waals surface area contributed by atoms with Crippen molar-refractivity contribution in [2.75, 3.05) is 33.9 Å². The monoisotopic (exact) mass is 638 g/mol. The van der Waals surface area contributed by atoms with Gasteiger partial charge >= 0.3 is 0 Å². The van der Waals surface area contributed by atoms with Crippen molar-refractivity contribution in [3.63, 3.8) is 0 Å². The summed E-state index contributed by atoms with van der Waals surface area (Å²) in [5, 5.41) is 1.21. The highest BCUT2D eigenvalue weighted by atomic mass is 16.5. The van der Waals surface area contributed by atoms with Crippen LogP contribution < -0.4 is 10.5 Å². The van der Waals surface area contributed by atoms with Crippen LogP contribution in [-0.4, -0.2) is 87.8 Å². The summed E-state index contributed by atoms with van der Waals surface area (Å²) >= 11 is 0. The van der Waals surface area contributed by atoms with E-state index >= 15 is 0 Å². The summed E-state index contributed by atoms with van der Waals surface area (Å²) in [5.74, 6) is 3.01. The molecular formula is C37H46N6O4. The summed E-state index contributed by atoms with van der Waals surface area (Å²) in [4.78, 5) is 35.7. The highest BCUT2D eigenvalue weighted by molar-refractivity contribution is 6.00. The van der Waals surface area contributed by atoms with Crippen molar-refractivity contribution in [2.45, 2.75) is 76.1 Å². The van der Waals surface area contributed by atoms with E-state index in [1.165, 1.54) is 29.3 Å². The summed E-state index contributed by atoms with van der Waals surface area (Å²) in [6, 6.07) is 12.9.